The third-order valence-electron chi connectivity index (χ3n) is 2.82. The van der Waals surface area contributed by atoms with Gasteiger partial charge in [-0.15, -0.1) is 0 Å². The Morgan fingerprint density at radius 2 is 1.76 bits per heavy atom. The fourth-order valence-electron chi connectivity index (χ4n) is 1.73. The van der Waals surface area contributed by atoms with E-state index >= 15 is 0 Å². The molecule has 0 unspecified atom stereocenters. The van der Waals surface area contributed by atoms with Crippen LogP contribution in [-0.4, -0.2) is 5.91 Å². The molecule has 0 heterocycles. The van der Waals surface area contributed by atoms with Gasteiger partial charge in [0.2, 0.25) is 0 Å². The van der Waals surface area contributed by atoms with Gasteiger partial charge in [0.25, 0.3) is 5.91 Å². The fraction of sp³-hybridized carbons (Fsp3) is 0.133. The summed E-state index contributed by atoms with van der Waals surface area (Å²) in [5.74, 6) is -0.281. The first-order valence-corrected chi connectivity index (χ1v) is 6.85. The van der Waals surface area contributed by atoms with Crippen molar-refractivity contribution in [2.75, 3.05) is 0 Å². The molecule has 0 bridgehead atoms. The van der Waals surface area contributed by atoms with Crippen molar-refractivity contribution in [1.82, 2.24) is 5.32 Å². The fourth-order valence-corrected chi connectivity index (χ4v) is 2.12. The number of halogens is 4. The van der Waals surface area contributed by atoms with Crippen LogP contribution in [-0.2, 0) is 12.7 Å². The SMILES string of the molecule is O=C(NCc1ccc(C(F)(F)F)cc1)c1cccc(Br)c1. The lowest BCUT2D eigenvalue weighted by atomic mass is 10.1. The van der Waals surface area contributed by atoms with Crippen molar-refractivity contribution in [3.8, 4) is 0 Å². The standard InChI is InChI=1S/C15H11BrF3NO/c16-13-3-1-2-11(8-13)14(21)20-9-10-4-6-12(7-5-10)15(17,18)19/h1-8H,9H2,(H,20,21). The Morgan fingerprint density at radius 3 is 2.33 bits per heavy atom. The van der Waals surface area contributed by atoms with E-state index in [2.05, 4.69) is 21.2 Å². The second-order valence-electron chi connectivity index (χ2n) is 4.39. The van der Waals surface area contributed by atoms with Crippen molar-refractivity contribution < 1.29 is 18.0 Å². The molecule has 0 aromatic heterocycles. The van der Waals surface area contributed by atoms with Gasteiger partial charge in [-0.05, 0) is 35.9 Å². The molecule has 6 heteroatoms. The topological polar surface area (TPSA) is 29.1 Å². The summed E-state index contributed by atoms with van der Waals surface area (Å²) < 4.78 is 38.0. The van der Waals surface area contributed by atoms with Gasteiger partial charge < -0.3 is 5.32 Å². The Kier molecular flexibility index (Phi) is 4.67. The molecule has 0 atom stereocenters. The van der Waals surface area contributed by atoms with Crippen LogP contribution in [0.15, 0.2) is 53.0 Å². The first kappa shape index (κ1) is 15.6. The predicted molar refractivity (Wildman–Crippen MR) is 76.8 cm³/mol. The maximum atomic E-state index is 12.4. The van der Waals surface area contributed by atoms with Gasteiger partial charge in [-0.3, -0.25) is 4.79 Å². The van der Waals surface area contributed by atoms with E-state index in [1.807, 2.05) is 0 Å². The Bertz CT molecular complexity index is 638. The van der Waals surface area contributed by atoms with E-state index in [0.29, 0.717) is 11.1 Å². The molecule has 0 saturated carbocycles. The summed E-state index contributed by atoms with van der Waals surface area (Å²) in [6.45, 7) is 0.170. The molecule has 0 saturated heterocycles. The zero-order valence-corrected chi connectivity index (χ0v) is 12.3. The highest BCUT2D eigenvalue weighted by atomic mass is 79.9. The number of carbonyl (C=O) groups excluding carboxylic acids is 1. The van der Waals surface area contributed by atoms with Crippen molar-refractivity contribution >= 4 is 21.8 Å². The summed E-state index contributed by atoms with van der Waals surface area (Å²) in [5, 5.41) is 2.66. The second kappa shape index (κ2) is 6.30. The third-order valence-corrected chi connectivity index (χ3v) is 3.31. The third kappa shape index (κ3) is 4.32. The molecule has 0 aliphatic heterocycles. The van der Waals surface area contributed by atoms with E-state index in [1.54, 1.807) is 24.3 Å². The van der Waals surface area contributed by atoms with Gasteiger partial charge in [-0.2, -0.15) is 13.2 Å². The number of alkyl halides is 3. The summed E-state index contributed by atoms with van der Waals surface area (Å²) in [5.41, 5.74) is 0.382. The highest BCUT2D eigenvalue weighted by molar-refractivity contribution is 9.10. The minimum atomic E-state index is -4.35. The zero-order chi connectivity index (χ0) is 15.5. The van der Waals surface area contributed by atoms with Crippen LogP contribution in [0.5, 0.6) is 0 Å². The molecule has 2 rings (SSSR count). The number of carbonyl (C=O) groups is 1. The van der Waals surface area contributed by atoms with Crippen molar-refractivity contribution in [2.24, 2.45) is 0 Å². The molecule has 2 nitrogen and oxygen atoms in total. The maximum absolute atomic E-state index is 12.4. The summed E-state index contributed by atoms with van der Waals surface area (Å²) >= 11 is 3.27. The lowest BCUT2D eigenvalue weighted by Crippen LogP contribution is -2.22. The smallest absolute Gasteiger partial charge is 0.348 e. The molecular weight excluding hydrogens is 347 g/mol. The van der Waals surface area contributed by atoms with Crippen LogP contribution < -0.4 is 5.32 Å². The van der Waals surface area contributed by atoms with E-state index < -0.39 is 11.7 Å². The van der Waals surface area contributed by atoms with E-state index in [1.165, 1.54) is 12.1 Å². The minimum Gasteiger partial charge on any atom is -0.348 e. The van der Waals surface area contributed by atoms with Crippen LogP contribution in [0.25, 0.3) is 0 Å². The zero-order valence-electron chi connectivity index (χ0n) is 10.7. The van der Waals surface area contributed by atoms with Crippen LogP contribution in [0.1, 0.15) is 21.5 Å². The van der Waals surface area contributed by atoms with Crippen molar-refractivity contribution in [2.45, 2.75) is 12.7 Å². The molecular formula is C15H11BrF3NO. The van der Waals surface area contributed by atoms with E-state index in [9.17, 15) is 18.0 Å². The molecule has 0 fully saturated rings. The molecule has 1 N–H and O–H groups in total. The van der Waals surface area contributed by atoms with Gasteiger partial charge in [-0.1, -0.05) is 34.1 Å². The minimum absolute atomic E-state index is 0.170. The first-order chi connectivity index (χ1) is 9.86. The molecule has 2 aromatic rings. The van der Waals surface area contributed by atoms with Gasteiger partial charge in [0.15, 0.2) is 0 Å². The largest absolute Gasteiger partial charge is 0.416 e. The van der Waals surface area contributed by atoms with Crippen molar-refractivity contribution in [3.63, 3.8) is 0 Å². The van der Waals surface area contributed by atoms with Crippen molar-refractivity contribution in [1.29, 1.82) is 0 Å². The average molecular weight is 358 g/mol. The van der Waals surface area contributed by atoms with Gasteiger partial charge in [0, 0.05) is 16.6 Å². The van der Waals surface area contributed by atoms with Gasteiger partial charge in [0.05, 0.1) is 5.56 Å². The number of benzene rings is 2. The second-order valence-corrected chi connectivity index (χ2v) is 5.30. The molecule has 1 amide bonds. The summed E-state index contributed by atoms with van der Waals surface area (Å²) in [4.78, 5) is 11.9. The van der Waals surface area contributed by atoms with Gasteiger partial charge in [-0.25, -0.2) is 0 Å². The van der Waals surface area contributed by atoms with Gasteiger partial charge in [0.1, 0.15) is 0 Å². The van der Waals surface area contributed by atoms with Crippen LogP contribution >= 0.6 is 15.9 Å². The molecule has 0 spiro atoms. The lowest BCUT2D eigenvalue weighted by molar-refractivity contribution is -0.137. The Morgan fingerprint density at radius 1 is 1.10 bits per heavy atom. The van der Waals surface area contributed by atoms with E-state index in [4.69, 9.17) is 0 Å². The number of hydrogen-bond donors (Lipinski definition) is 1. The summed E-state index contributed by atoms with van der Waals surface area (Å²) in [7, 11) is 0. The monoisotopic (exact) mass is 357 g/mol. The first-order valence-electron chi connectivity index (χ1n) is 6.06. The predicted octanol–water partition coefficient (Wildman–Crippen LogP) is 4.40. The van der Waals surface area contributed by atoms with Crippen molar-refractivity contribution in [3.05, 3.63) is 69.7 Å². The quantitative estimate of drug-likeness (QED) is 0.866. The molecule has 0 aliphatic carbocycles. The molecule has 2 aromatic carbocycles. The van der Waals surface area contributed by atoms with Gasteiger partial charge >= 0.3 is 6.18 Å². The van der Waals surface area contributed by atoms with Crippen LogP contribution in [0.3, 0.4) is 0 Å². The molecule has 0 aliphatic rings. The van der Waals surface area contributed by atoms with E-state index in [0.717, 1.165) is 16.6 Å². The highest BCUT2D eigenvalue weighted by Crippen LogP contribution is 2.29. The molecule has 110 valence electrons. The van der Waals surface area contributed by atoms with Crippen LogP contribution in [0, 0.1) is 0 Å². The number of nitrogens with one attached hydrogen (secondary N) is 1. The Hall–Kier alpha value is -1.82. The summed E-state index contributed by atoms with van der Waals surface area (Å²) in [6, 6.07) is 11.6. The Balaban J connectivity index is 1.98. The maximum Gasteiger partial charge on any atom is 0.416 e. The number of hydrogen-bond acceptors (Lipinski definition) is 1. The molecule has 0 radical (unpaired) electrons. The number of rotatable bonds is 3. The number of amides is 1. The van der Waals surface area contributed by atoms with Crippen LogP contribution in [0.4, 0.5) is 13.2 Å². The lowest BCUT2D eigenvalue weighted by Gasteiger charge is -2.09. The molecule has 21 heavy (non-hydrogen) atoms. The normalized spacial score (nSPS) is 11.2. The van der Waals surface area contributed by atoms with Crippen LogP contribution in [0.2, 0.25) is 0 Å². The average Bonchev–Trinajstić information content (AvgIpc) is 2.44. The Labute approximate surface area is 128 Å². The summed E-state index contributed by atoms with van der Waals surface area (Å²) in [6.07, 6.45) is -4.35. The highest BCUT2D eigenvalue weighted by Gasteiger charge is 2.29. The van der Waals surface area contributed by atoms with E-state index in [-0.39, 0.29) is 12.5 Å².